The molecule has 220 valence electrons. The van der Waals surface area contributed by atoms with Crippen molar-refractivity contribution >= 4 is 52.0 Å². The number of carbonyl (C=O) groups excluding carboxylic acids is 3. The molecule has 1 fully saturated rings. The molecule has 0 aliphatic carbocycles. The first kappa shape index (κ1) is 30.6. The Kier molecular flexibility index (Phi) is 9.56. The predicted molar refractivity (Wildman–Crippen MR) is 160 cm³/mol. The van der Waals surface area contributed by atoms with Crippen molar-refractivity contribution in [2.75, 3.05) is 27.8 Å². The minimum atomic E-state index is -4.45. The van der Waals surface area contributed by atoms with E-state index in [1.807, 2.05) is 39.0 Å². The van der Waals surface area contributed by atoms with E-state index in [2.05, 4.69) is 20.9 Å². The Morgan fingerprint density at radius 3 is 2.19 bits per heavy atom. The summed E-state index contributed by atoms with van der Waals surface area (Å²) in [6.45, 7) is 6.35. The summed E-state index contributed by atoms with van der Waals surface area (Å²) in [7, 11) is 0. The maximum absolute atomic E-state index is 12.7. The molecule has 42 heavy (non-hydrogen) atoms. The average Bonchev–Trinajstić information content (AvgIpc) is 3.28. The molecule has 0 aromatic heterocycles. The molecule has 0 saturated carbocycles. The van der Waals surface area contributed by atoms with Crippen molar-refractivity contribution in [3.8, 4) is 0 Å². The van der Waals surface area contributed by atoms with Crippen molar-refractivity contribution in [3.63, 3.8) is 0 Å². The van der Waals surface area contributed by atoms with E-state index in [-0.39, 0.29) is 23.3 Å². The van der Waals surface area contributed by atoms with E-state index in [4.69, 9.17) is 0 Å². The molecular formula is C30H30F3N5O3S. The number of amides is 5. The lowest BCUT2D eigenvalue weighted by atomic mass is 9.99. The lowest BCUT2D eigenvalue weighted by Gasteiger charge is -2.22. The van der Waals surface area contributed by atoms with E-state index < -0.39 is 23.8 Å². The first-order valence-electron chi connectivity index (χ1n) is 13.2. The minimum absolute atomic E-state index is 0.124. The van der Waals surface area contributed by atoms with Gasteiger partial charge in [-0.1, -0.05) is 49.9 Å². The number of rotatable bonds is 7. The minimum Gasteiger partial charge on any atom is -0.336 e. The molecule has 4 rings (SSSR count). The van der Waals surface area contributed by atoms with Gasteiger partial charge in [-0.05, 0) is 78.4 Å². The molecule has 1 aliphatic rings. The number of hydrogen-bond donors (Lipinski definition) is 3. The molecule has 0 spiro atoms. The summed E-state index contributed by atoms with van der Waals surface area (Å²) in [5.74, 6) is 0.269. The fraction of sp³-hybridized carbons (Fsp3) is 0.267. The zero-order valence-corrected chi connectivity index (χ0v) is 24.0. The number of nitrogens with zero attached hydrogens (tertiary/aromatic N) is 2. The van der Waals surface area contributed by atoms with Crippen LogP contribution in [0, 0.1) is 6.92 Å². The van der Waals surface area contributed by atoms with Gasteiger partial charge in [-0.2, -0.15) is 18.2 Å². The molecule has 0 unspecified atom stereocenters. The molecule has 1 aliphatic heterocycles. The SMILES string of the molecule is Cc1ccc(C(C)C)c(N2C(=O)CSC2=NC(=O)NCCc2ccc(NC(=O)Nc3ccc(C(F)(F)F)cc3)cc2)c1. The van der Waals surface area contributed by atoms with Gasteiger partial charge in [-0.3, -0.25) is 9.69 Å². The Morgan fingerprint density at radius 1 is 0.976 bits per heavy atom. The molecule has 3 aromatic carbocycles. The molecule has 3 N–H and O–H groups in total. The Bertz CT molecular complexity index is 1490. The van der Waals surface area contributed by atoms with Crippen LogP contribution in [0.4, 0.5) is 39.8 Å². The van der Waals surface area contributed by atoms with Crippen molar-refractivity contribution in [1.29, 1.82) is 0 Å². The van der Waals surface area contributed by atoms with Crippen LogP contribution >= 0.6 is 11.8 Å². The van der Waals surface area contributed by atoms with Crippen LogP contribution in [0.3, 0.4) is 0 Å². The zero-order chi connectivity index (χ0) is 30.4. The van der Waals surface area contributed by atoms with Crippen LogP contribution in [0.1, 0.15) is 42.0 Å². The zero-order valence-electron chi connectivity index (χ0n) is 23.2. The Morgan fingerprint density at radius 2 is 1.60 bits per heavy atom. The average molecular weight is 598 g/mol. The summed E-state index contributed by atoms with van der Waals surface area (Å²) >= 11 is 1.23. The monoisotopic (exact) mass is 597 g/mol. The highest BCUT2D eigenvalue weighted by molar-refractivity contribution is 8.15. The smallest absolute Gasteiger partial charge is 0.336 e. The molecule has 0 atom stereocenters. The number of anilines is 3. The highest BCUT2D eigenvalue weighted by atomic mass is 32.2. The number of thioether (sulfide) groups is 1. The summed E-state index contributed by atoms with van der Waals surface area (Å²) < 4.78 is 38.1. The molecule has 8 nitrogen and oxygen atoms in total. The van der Waals surface area contributed by atoms with Gasteiger partial charge in [0, 0.05) is 17.9 Å². The number of nitrogens with one attached hydrogen (secondary N) is 3. The maximum Gasteiger partial charge on any atom is 0.416 e. The third-order valence-electron chi connectivity index (χ3n) is 6.38. The molecule has 12 heteroatoms. The summed E-state index contributed by atoms with van der Waals surface area (Å²) in [6, 6.07) is 15.8. The quantitative estimate of drug-likeness (QED) is 0.269. The number of benzene rings is 3. The summed E-state index contributed by atoms with van der Waals surface area (Å²) in [4.78, 5) is 43.2. The summed E-state index contributed by atoms with van der Waals surface area (Å²) in [6.07, 6.45) is -3.95. The molecule has 5 amide bonds. The van der Waals surface area contributed by atoms with E-state index in [0.717, 1.165) is 34.5 Å². The number of alkyl halides is 3. The maximum atomic E-state index is 12.7. The lowest BCUT2D eigenvalue weighted by molar-refractivity contribution is -0.137. The van der Waals surface area contributed by atoms with E-state index in [9.17, 15) is 27.6 Å². The summed E-state index contributed by atoms with van der Waals surface area (Å²) in [5, 5.41) is 8.20. The highest BCUT2D eigenvalue weighted by Crippen LogP contribution is 2.34. The number of amidine groups is 1. The van der Waals surface area contributed by atoms with Crippen molar-refractivity contribution in [1.82, 2.24) is 5.32 Å². The largest absolute Gasteiger partial charge is 0.416 e. The second-order valence-electron chi connectivity index (χ2n) is 9.96. The van der Waals surface area contributed by atoms with Crippen molar-refractivity contribution in [2.45, 2.75) is 39.3 Å². The third kappa shape index (κ3) is 7.90. The second-order valence-corrected chi connectivity index (χ2v) is 10.9. The second kappa shape index (κ2) is 13.1. The van der Waals surface area contributed by atoms with Crippen molar-refractivity contribution in [2.24, 2.45) is 4.99 Å². The van der Waals surface area contributed by atoms with E-state index in [1.54, 1.807) is 24.3 Å². The molecule has 0 radical (unpaired) electrons. The molecular weight excluding hydrogens is 567 g/mol. The van der Waals surface area contributed by atoms with Crippen LogP contribution in [0.2, 0.25) is 0 Å². The molecule has 1 saturated heterocycles. The van der Waals surface area contributed by atoms with Crippen LogP contribution in [-0.4, -0.2) is 35.4 Å². The van der Waals surface area contributed by atoms with Crippen LogP contribution in [0.5, 0.6) is 0 Å². The lowest BCUT2D eigenvalue weighted by Crippen LogP contribution is -2.32. The molecule has 0 bridgehead atoms. The standard InChI is InChI=1S/C30H30F3N5O3S/c1-18(2)24-13-4-19(3)16-25(24)38-26(39)17-42-29(38)37-27(40)34-15-14-20-5-9-22(10-6-20)35-28(41)36-23-11-7-21(8-12-23)30(31,32)33/h4-13,16,18H,14-15,17H2,1-3H3,(H,34,40)(H2,35,36,41). The van der Waals surface area contributed by atoms with Gasteiger partial charge in [0.1, 0.15) is 0 Å². The van der Waals surface area contributed by atoms with Gasteiger partial charge in [0.2, 0.25) is 5.91 Å². The fourth-order valence-electron chi connectivity index (χ4n) is 4.25. The molecule has 3 aromatic rings. The third-order valence-corrected chi connectivity index (χ3v) is 7.31. The first-order chi connectivity index (χ1) is 19.9. The van der Waals surface area contributed by atoms with Gasteiger partial charge in [-0.15, -0.1) is 0 Å². The number of halogens is 3. The van der Waals surface area contributed by atoms with E-state index in [0.29, 0.717) is 23.8 Å². The Hall–Kier alpha value is -4.32. The Labute approximate surface area is 245 Å². The number of aliphatic imine (C=N–C) groups is 1. The van der Waals surface area contributed by atoms with Gasteiger partial charge in [0.25, 0.3) is 0 Å². The topological polar surface area (TPSA) is 103 Å². The number of aryl methyl sites for hydroxylation is 1. The van der Waals surface area contributed by atoms with E-state index in [1.165, 1.54) is 28.8 Å². The number of carbonyl (C=O) groups is 3. The normalized spacial score (nSPS) is 14.4. The Balaban J connectivity index is 1.29. The van der Waals surface area contributed by atoms with Crippen molar-refractivity contribution < 1.29 is 27.6 Å². The summed E-state index contributed by atoms with van der Waals surface area (Å²) in [5.41, 5.74) is 3.55. The fourth-order valence-corrected chi connectivity index (χ4v) is 5.11. The number of urea groups is 2. The van der Waals surface area contributed by atoms with Crippen LogP contribution in [0.15, 0.2) is 71.7 Å². The van der Waals surface area contributed by atoms with Crippen LogP contribution in [-0.2, 0) is 17.4 Å². The van der Waals surface area contributed by atoms with Gasteiger partial charge in [-0.25, -0.2) is 9.59 Å². The van der Waals surface area contributed by atoms with Gasteiger partial charge in [0.05, 0.1) is 17.0 Å². The highest BCUT2D eigenvalue weighted by Gasteiger charge is 2.32. The van der Waals surface area contributed by atoms with Crippen LogP contribution < -0.4 is 20.9 Å². The number of hydrogen-bond acceptors (Lipinski definition) is 4. The first-order valence-corrected chi connectivity index (χ1v) is 14.2. The van der Waals surface area contributed by atoms with Gasteiger partial charge >= 0.3 is 18.2 Å². The molecule has 1 heterocycles. The van der Waals surface area contributed by atoms with E-state index >= 15 is 0 Å². The van der Waals surface area contributed by atoms with Crippen molar-refractivity contribution in [3.05, 3.63) is 89.0 Å². The van der Waals surface area contributed by atoms with Crippen LogP contribution in [0.25, 0.3) is 0 Å². The van der Waals surface area contributed by atoms with Gasteiger partial charge in [0.15, 0.2) is 5.17 Å². The van der Waals surface area contributed by atoms with Gasteiger partial charge < -0.3 is 16.0 Å². The predicted octanol–water partition coefficient (Wildman–Crippen LogP) is 7.17.